The molecule has 0 heterocycles. The highest BCUT2D eigenvalue weighted by Gasteiger charge is 2.01. The summed E-state index contributed by atoms with van der Waals surface area (Å²) in [5.41, 5.74) is 2.82. The van der Waals surface area contributed by atoms with Crippen molar-refractivity contribution in [3.05, 3.63) is 29.3 Å². The molecule has 0 aromatic heterocycles. The normalized spacial score (nSPS) is 10.2. The zero-order valence-electron chi connectivity index (χ0n) is 10.4. The molecule has 0 saturated heterocycles. The van der Waals surface area contributed by atoms with E-state index in [4.69, 9.17) is 5.26 Å². The first-order valence-corrected chi connectivity index (χ1v) is 5.88. The van der Waals surface area contributed by atoms with Crippen molar-refractivity contribution in [1.82, 2.24) is 0 Å². The van der Waals surface area contributed by atoms with E-state index < -0.39 is 0 Å². The zero-order valence-corrected chi connectivity index (χ0v) is 10.4. The van der Waals surface area contributed by atoms with E-state index in [0.29, 0.717) is 0 Å². The number of hydrogen-bond acceptors (Lipinski definition) is 2. The molecule has 2 nitrogen and oxygen atoms in total. The van der Waals surface area contributed by atoms with Gasteiger partial charge in [-0.3, -0.25) is 0 Å². The molecule has 16 heavy (non-hydrogen) atoms. The molecule has 0 atom stereocenters. The van der Waals surface area contributed by atoms with Crippen LogP contribution < -0.4 is 5.32 Å². The van der Waals surface area contributed by atoms with Gasteiger partial charge in [-0.15, -0.1) is 0 Å². The van der Waals surface area contributed by atoms with Crippen LogP contribution in [0.4, 0.5) is 5.69 Å². The Balaban J connectivity index is 2.51. The lowest BCUT2D eigenvalue weighted by Gasteiger charge is -2.09. The quantitative estimate of drug-likeness (QED) is 0.761. The molecule has 0 saturated carbocycles. The molecule has 1 aromatic rings. The summed E-state index contributed by atoms with van der Waals surface area (Å²) >= 11 is 0. The van der Waals surface area contributed by atoms with Gasteiger partial charge in [-0.25, -0.2) is 0 Å². The minimum Gasteiger partial charge on any atom is -0.384 e. The number of hydrogen-bond donors (Lipinski definition) is 1. The van der Waals surface area contributed by atoms with Crippen molar-refractivity contribution in [2.45, 2.75) is 33.6 Å². The van der Waals surface area contributed by atoms with Crippen LogP contribution >= 0.6 is 0 Å². The largest absolute Gasteiger partial charge is 0.384 e. The molecular formula is C14H20N2. The van der Waals surface area contributed by atoms with Gasteiger partial charge < -0.3 is 5.32 Å². The number of nitriles is 1. The predicted molar refractivity (Wildman–Crippen MR) is 68.5 cm³/mol. The van der Waals surface area contributed by atoms with Crippen LogP contribution in [0.1, 0.15) is 37.8 Å². The highest BCUT2D eigenvalue weighted by atomic mass is 14.9. The van der Waals surface area contributed by atoms with Gasteiger partial charge in [0.15, 0.2) is 0 Å². The Bertz CT molecular complexity index is 375. The topological polar surface area (TPSA) is 35.8 Å². The van der Waals surface area contributed by atoms with Crippen LogP contribution in [-0.2, 0) is 0 Å². The molecule has 0 aliphatic rings. The van der Waals surface area contributed by atoms with Crippen molar-refractivity contribution in [1.29, 1.82) is 5.26 Å². The van der Waals surface area contributed by atoms with Gasteiger partial charge in [-0.05, 0) is 43.4 Å². The fourth-order valence-corrected chi connectivity index (χ4v) is 1.64. The molecule has 1 N–H and O–H groups in total. The second-order valence-corrected chi connectivity index (χ2v) is 4.62. The van der Waals surface area contributed by atoms with Gasteiger partial charge in [-0.1, -0.05) is 19.9 Å². The molecule has 2 heteroatoms. The van der Waals surface area contributed by atoms with Crippen molar-refractivity contribution < 1.29 is 0 Å². The average Bonchev–Trinajstić information content (AvgIpc) is 2.25. The summed E-state index contributed by atoms with van der Waals surface area (Å²) in [4.78, 5) is 0. The highest BCUT2D eigenvalue weighted by molar-refractivity contribution is 5.58. The molecule has 86 valence electrons. The third-order valence-corrected chi connectivity index (χ3v) is 2.57. The first kappa shape index (κ1) is 12.6. The van der Waals surface area contributed by atoms with Crippen molar-refractivity contribution >= 4 is 5.69 Å². The van der Waals surface area contributed by atoms with E-state index in [9.17, 15) is 0 Å². The third-order valence-electron chi connectivity index (χ3n) is 2.57. The van der Waals surface area contributed by atoms with E-state index in [1.165, 1.54) is 6.42 Å². The summed E-state index contributed by atoms with van der Waals surface area (Å²) in [6, 6.07) is 8.17. The van der Waals surface area contributed by atoms with Crippen LogP contribution in [0, 0.1) is 24.2 Å². The molecule has 0 aliphatic carbocycles. The lowest BCUT2D eigenvalue weighted by Crippen LogP contribution is -2.04. The van der Waals surface area contributed by atoms with Crippen molar-refractivity contribution in [2.75, 3.05) is 11.9 Å². The summed E-state index contributed by atoms with van der Waals surface area (Å²) in [5, 5.41) is 12.3. The molecule has 0 bridgehead atoms. The summed E-state index contributed by atoms with van der Waals surface area (Å²) in [5.74, 6) is 0.746. The number of aryl methyl sites for hydroxylation is 1. The fraction of sp³-hybridized carbons (Fsp3) is 0.500. The Labute approximate surface area is 98.3 Å². The minimum absolute atomic E-state index is 0.740. The SMILES string of the molecule is Cc1ccc(NCCCC(C)C)c(C#N)c1. The zero-order chi connectivity index (χ0) is 12.0. The molecule has 1 rings (SSSR count). The average molecular weight is 216 g/mol. The van der Waals surface area contributed by atoms with Crippen molar-refractivity contribution in [3.63, 3.8) is 0 Å². The Morgan fingerprint density at radius 2 is 2.12 bits per heavy atom. The maximum atomic E-state index is 9.00. The lowest BCUT2D eigenvalue weighted by molar-refractivity contribution is 0.567. The van der Waals surface area contributed by atoms with Gasteiger partial charge in [-0.2, -0.15) is 5.26 Å². The Kier molecular flexibility index (Phi) is 4.85. The Hall–Kier alpha value is -1.49. The van der Waals surface area contributed by atoms with Crippen molar-refractivity contribution in [3.8, 4) is 6.07 Å². The maximum Gasteiger partial charge on any atom is 0.101 e. The molecule has 0 spiro atoms. The van der Waals surface area contributed by atoms with Crippen LogP contribution in [-0.4, -0.2) is 6.54 Å². The first-order valence-electron chi connectivity index (χ1n) is 5.88. The van der Waals surface area contributed by atoms with Gasteiger partial charge in [0.05, 0.1) is 11.3 Å². The van der Waals surface area contributed by atoms with Crippen LogP contribution in [0.3, 0.4) is 0 Å². The highest BCUT2D eigenvalue weighted by Crippen LogP contribution is 2.16. The monoisotopic (exact) mass is 216 g/mol. The van der Waals surface area contributed by atoms with Gasteiger partial charge in [0, 0.05) is 6.54 Å². The third kappa shape index (κ3) is 3.94. The number of anilines is 1. The lowest BCUT2D eigenvalue weighted by atomic mass is 10.1. The molecule has 0 aliphatic heterocycles. The Morgan fingerprint density at radius 3 is 2.75 bits per heavy atom. The molecular weight excluding hydrogens is 196 g/mol. The van der Waals surface area contributed by atoms with Gasteiger partial charge in [0.1, 0.15) is 6.07 Å². The predicted octanol–water partition coefficient (Wildman–Crippen LogP) is 3.71. The van der Waals surface area contributed by atoms with Crippen LogP contribution in [0.25, 0.3) is 0 Å². The molecule has 0 amide bonds. The summed E-state index contributed by atoms with van der Waals surface area (Å²) in [6.45, 7) is 7.40. The number of nitrogens with one attached hydrogen (secondary N) is 1. The summed E-state index contributed by atoms with van der Waals surface area (Å²) in [6.07, 6.45) is 2.37. The first-order chi connectivity index (χ1) is 7.63. The second kappa shape index (κ2) is 6.17. The maximum absolute atomic E-state index is 9.00. The fourth-order valence-electron chi connectivity index (χ4n) is 1.64. The Morgan fingerprint density at radius 1 is 1.38 bits per heavy atom. The molecule has 0 unspecified atom stereocenters. The smallest absolute Gasteiger partial charge is 0.101 e. The van der Waals surface area contributed by atoms with Gasteiger partial charge >= 0.3 is 0 Å². The van der Waals surface area contributed by atoms with E-state index in [1.807, 2.05) is 25.1 Å². The summed E-state index contributed by atoms with van der Waals surface area (Å²) < 4.78 is 0. The molecule has 0 radical (unpaired) electrons. The number of nitrogens with zero attached hydrogens (tertiary/aromatic N) is 1. The second-order valence-electron chi connectivity index (χ2n) is 4.62. The van der Waals surface area contributed by atoms with E-state index in [0.717, 1.165) is 35.7 Å². The standard InChI is InChI=1S/C14H20N2/c1-11(2)5-4-8-16-14-7-6-12(3)9-13(14)10-15/h6-7,9,11,16H,4-5,8H2,1-3H3. The van der Waals surface area contributed by atoms with Gasteiger partial charge in [0.25, 0.3) is 0 Å². The number of benzene rings is 1. The molecule has 0 fully saturated rings. The summed E-state index contributed by atoms with van der Waals surface area (Å²) in [7, 11) is 0. The van der Waals surface area contributed by atoms with E-state index in [2.05, 4.69) is 25.2 Å². The van der Waals surface area contributed by atoms with Crippen LogP contribution in [0.15, 0.2) is 18.2 Å². The number of rotatable bonds is 5. The van der Waals surface area contributed by atoms with E-state index in [1.54, 1.807) is 0 Å². The van der Waals surface area contributed by atoms with Crippen LogP contribution in [0.5, 0.6) is 0 Å². The van der Waals surface area contributed by atoms with Crippen LogP contribution in [0.2, 0.25) is 0 Å². The van der Waals surface area contributed by atoms with E-state index >= 15 is 0 Å². The molecule has 1 aromatic carbocycles. The van der Waals surface area contributed by atoms with Crippen molar-refractivity contribution in [2.24, 2.45) is 5.92 Å². The van der Waals surface area contributed by atoms with Gasteiger partial charge in [0.2, 0.25) is 0 Å². The van der Waals surface area contributed by atoms with E-state index in [-0.39, 0.29) is 0 Å². The minimum atomic E-state index is 0.740.